The zero-order valence-corrected chi connectivity index (χ0v) is 16.2. The molecule has 0 saturated heterocycles. The van der Waals surface area contributed by atoms with Gasteiger partial charge < -0.3 is 4.90 Å². The van der Waals surface area contributed by atoms with Crippen LogP contribution < -0.4 is 4.90 Å². The van der Waals surface area contributed by atoms with E-state index in [1.807, 2.05) is 25.1 Å². The van der Waals surface area contributed by atoms with Crippen molar-refractivity contribution in [2.45, 2.75) is 33.7 Å². The summed E-state index contributed by atoms with van der Waals surface area (Å²) in [5.41, 5.74) is 6.79. The molecule has 0 N–H and O–H groups in total. The molecule has 0 saturated carbocycles. The van der Waals surface area contributed by atoms with Gasteiger partial charge in [0, 0.05) is 15.6 Å². The highest BCUT2D eigenvalue weighted by Crippen LogP contribution is 2.38. The number of nitrogens with zero attached hydrogens (tertiary/aromatic N) is 1. The average Bonchev–Trinajstić information content (AvgIpc) is 2.68. The summed E-state index contributed by atoms with van der Waals surface area (Å²) < 4.78 is 0.702. The minimum atomic E-state index is -0.0679. The molecule has 1 aliphatic heterocycles. The molecular formula is C21H20BrNO2. The number of aldehydes is 1. The molecular weight excluding hydrogens is 378 g/mol. The number of benzene rings is 2. The number of anilines is 1. The Morgan fingerprint density at radius 3 is 2.52 bits per heavy atom. The first-order valence-corrected chi connectivity index (χ1v) is 9.01. The van der Waals surface area contributed by atoms with Crippen LogP contribution in [-0.2, 0) is 16.1 Å². The van der Waals surface area contributed by atoms with Crippen molar-refractivity contribution in [1.29, 1.82) is 0 Å². The normalized spacial score (nSPS) is 14.4. The van der Waals surface area contributed by atoms with Gasteiger partial charge in [-0.15, -0.1) is 0 Å². The summed E-state index contributed by atoms with van der Waals surface area (Å²) in [6, 6.07) is 12.2. The largest absolute Gasteiger partial charge is 0.307 e. The van der Waals surface area contributed by atoms with Crippen LogP contribution in [0.2, 0.25) is 0 Å². The van der Waals surface area contributed by atoms with Gasteiger partial charge in [0.25, 0.3) is 0 Å². The van der Waals surface area contributed by atoms with Crippen LogP contribution >= 0.6 is 15.9 Å². The third kappa shape index (κ3) is 3.45. The molecule has 0 aliphatic carbocycles. The Balaban J connectivity index is 2.09. The molecule has 1 heterocycles. The highest BCUT2D eigenvalue weighted by molar-refractivity contribution is 9.15. The number of amides is 1. The molecule has 4 heteroatoms. The number of rotatable bonds is 3. The summed E-state index contributed by atoms with van der Waals surface area (Å²) >= 11 is 3.52. The highest BCUT2D eigenvalue weighted by Gasteiger charge is 2.26. The van der Waals surface area contributed by atoms with E-state index in [1.165, 1.54) is 11.1 Å². The summed E-state index contributed by atoms with van der Waals surface area (Å²) in [5, 5.41) is 0. The number of hydrogen-bond acceptors (Lipinski definition) is 2. The second kappa shape index (κ2) is 6.96. The summed E-state index contributed by atoms with van der Waals surface area (Å²) in [6.07, 6.45) is 0.869. The first-order chi connectivity index (χ1) is 11.9. The molecule has 0 aromatic heterocycles. The van der Waals surface area contributed by atoms with Crippen LogP contribution in [0, 0.1) is 20.8 Å². The molecule has 0 unspecified atom stereocenters. The quantitative estimate of drug-likeness (QED) is 0.693. The maximum Gasteiger partial charge on any atom is 0.231 e. The predicted octanol–water partition coefficient (Wildman–Crippen LogP) is 4.85. The topological polar surface area (TPSA) is 37.4 Å². The van der Waals surface area contributed by atoms with Crippen LogP contribution in [0.25, 0.3) is 4.48 Å². The Hall–Kier alpha value is -2.20. The van der Waals surface area contributed by atoms with Crippen molar-refractivity contribution in [3.05, 3.63) is 69.8 Å². The lowest BCUT2D eigenvalue weighted by Gasteiger charge is -2.24. The predicted molar refractivity (Wildman–Crippen MR) is 105 cm³/mol. The molecule has 0 radical (unpaired) electrons. The van der Waals surface area contributed by atoms with E-state index in [2.05, 4.69) is 48.0 Å². The third-order valence-corrected chi connectivity index (χ3v) is 5.60. The smallest absolute Gasteiger partial charge is 0.231 e. The highest BCUT2D eigenvalue weighted by atomic mass is 79.9. The minimum absolute atomic E-state index is 0.0679. The molecule has 0 atom stereocenters. The number of carbonyl (C=O) groups is 2. The van der Waals surface area contributed by atoms with Crippen molar-refractivity contribution in [1.82, 2.24) is 0 Å². The standard InChI is InChI=1S/C21H20BrNO2/c1-13-4-7-18-19(8-13)23(20(25)10-17(12-24)21(18)22)11-16-6-5-14(2)15(3)9-16/h4-9,12H,10-11H2,1-3H3. The lowest BCUT2D eigenvalue weighted by molar-refractivity contribution is -0.118. The fraction of sp³-hybridized carbons (Fsp3) is 0.238. The number of aryl methyl sites for hydroxylation is 3. The lowest BCUT2D eigenvalue weighted by Crippen LogP contribution is -2.30. The molecule has 128 valence electrons. The van der Waals surface area contributed by atoms with Gasteiger partial charge in [-0.2, -0.15) is 0 Å². The number of halogens is 1. The second-order valence-corrected chi connectivity index (χ2v) is 7.35. The zero-order valence-electron chi connectivity index (χ0n) is 14.6. The zero-order chi connectivity index (χ0) is 18.1. The van der Waals surface area contributed by atoms with Crippen molar-refractivity contribution in [3.8, 4) is 0 Å². The van der Waals surface area contributed by atoms with Crippen LogP contribution in [0.3, 0.4) is 0 Å². The fourth-order valence-electron chi connectivity index (χ4n) is 3.05. The molecule has 3 nitrogen and oxygen atoms in total. The Morgan fingerprint density at radius 2 is 1.84 bits per heavy atom. The van der Waals surface area contributed by atoms with E-state index in [0.717, 1.165) is 28.7 Å². The van der Waals surface area contributed by atoms with E-state index in [9.17, 15) is 9.59 Å². The van der Waals surface area contributed by atoms with E-state index in [-0.39, 0.29) is 12.3 Å². The van der Waals surface area contributed by atoms with E-state index < -0.39 is 0 Å². The number of carbonyl (C=O) groups excluding carboxylic acids is 2. The van der Waals surface area contributed by atoms with Gasteiger partial charge in [0.05, 0.1) is 18.7 Å². The van der Waals surface area contributed by atoms with Gasteiger partial charge in [-0.1, -0.05) is 30.3 Å². The lowest BCUT2D eigenvalue weighted by atomic mass is 10.0. The van der Waals surface area contributed by atoms with Gasteiger partial charge >= 0.3 is 0 Å². The van der Waals surface area contributed by atoms with E-state index in [0.29, 0.717) is 16.6 Å². The number of fused-ring (bicyclic) bond motifs is 1. The molecule has 2 aromatic rings. The Kier molecular flexibility index (Phi) is 4.91. The van der Waals surface area contributed by atoms with E-state index in [1.54, 1.807) is 4.90 Å². The first kappa shape index (κ1) is 17.6. The van der Waals surface area contributed by atoms with Crippen LogP contribution in [-0.4, -0.2) is 12.2 Å². The van der Waals surface area contributed by atoms with Crippen molar-refractivity contribution >= 4 is 38.3 Å². The van der Waals surface area contributed by atoms with Crippen LogP contribution in [0.1, 0.15) is 34.2 Å². The first-order valence-electron chi connectivity index (χ1n) is 8.22. The Bertz CT molecular complexity index is 899. The van der Waals surface area contributed by atoms with Crippen molar-refractivity contribution in [2.75, 3.05) is 4.90 Å². The molecule has 3 rings (SSSR count). The fourth-order valence-corrected chi connectivity index (χ4v) is 3.61. The van der Waals surface area contributed by atoms with Crippen molar-refractivity contribution in [3.63, 3.8) is 0 Å². The minimum Gasteiger partial charge on any atom is -0.307 e. The Labute approximate surface area is 156 Å². The molecule has 2 aromatic carbocycles. The summed E-state index contributed by atoms with van der Waals surface area (Å²) in [5.74, 6) is -0.0679. The molecule has 1 aliphatic rings. The van der Waals surface area contributed by atoms with Crippen LogP contribution in [0.4, 0.5) is 5.69 Å². The average molecular weight is 398 g/mol. The molecule has 0 spiro atoms. The van der Waals surface area contributed by atoms with Gasteiger partial charge in [-0.05, 0) is 65.0 Å². The summed E-state index contributed by atoms with van der Waals surface area (Å²) in [6.45, 7) is 6.64. The van der Waals surface area contributed by atoms with Gasteiger partial charge in [0.15, 0.2) is 0 Å². The molecule has 25 heavy (non-hydrogen) atoms. The summed E-state index contributed by atoms with van der Waals surface area (Å²) in [7, 11) is 0. The monoisotopic (exact) mass is 397 g/mol. The van der Waals surface area contributed by atoms with Gasteiger partial charge in [0.1, 0.15) is 6.29 Å². The van der Waals surface area contributed by atoms with Gasteiger partial charge in [0.2, 0.25) is 5.91 Å². The van der Waals surface area contributed by atoms with E-state index >= 15 is 0 Å². The Morgan fingerprint density at radius 1 is 1.08 bits per heavy atom. The molecule has 0 fully saturated rings. The summed E-state index contributed by atoms with van der Waals surface area (Å²) in [4.78, 5) is 26.1. The van der Waals surface area contributed by atoms with Crippen molar-refractivity contribution < 1.29 is 9.59 Å². The van der Waals surface area contributed by atoms with Gasteiger partial charge in [-0.25, -0.2) is 0 Å². The molecule has 1 amide bonds. The second-order valence-electron chi connectivity index (χ2n) is 6.55. The van der Waals surface area contributed by atoms with Crippen molar-refractivity contribution in [2.24, 2.45) is 0 Å². The van der Waals surface area contributed by atoms with Crippen LogP contribution in [0.5, 0.6) is 0 Å². The van der Waals surface area contributed by atoms with E-state index in [4.69, 9.17) is 0 Å². The third-order valence-electron chi connectivity index (χ3n) is 4.66. The van der Waals surface area contributed by atoms with Crippen LogP contribution in [0.15, 0.2) is 42.0 Å². The molecule has 0 bridgehead atoms. The maximum atomic E-state index is 12.9. The maximum absolute atomic E-state index is 12.9. The van der Waals surface area contributed by atoms with Gasteiger partial charge in [-0.3, -0.25) is 9.59 Å². The number of hydrogen-bond donors (Lipinski definition) is 0. The SMILES string of the molecule is Cc1ccc2c(c1)N(Cc1ccc(C)c(C)c1)C(=O)CC(C=O)=C2Br.